The molecule has 0 saturated carbocycles. The lowest BCUT2D eigenvalue weighted by Gasteiger charge is -2.26. The van der Waals surface area contributed by atoms with Gasteiger partial charge in [-0.15, -0.1) is 5.10 Å². The van der Waals surface area contributed by atoms with E-state index < -0.39 is 0 Å². The SMILES string of the molecule is Cc1ccc([C@@H]2c3c(C)nn(-c4ccccc4)c3Oc3ncn4nc(-c5ccco5)nc4c32)cc1. The first kappa shape index (κ1) is 19.7. The number of hydrogen-bond donors (Lipinski definition) is 0. The van der Waals surface area contributed by atoms with Gasteiger partial charge in [-0.3, -0.25) is 0 Å². The van der Waals surface area contributed by atoms with Gasteiger partial charge in [-0.25, -0.2) is 19.2 Å². The minimum atomic E-state index is -0.184. The lowest BCUT2D eigenvalue weighted by molar-refractivity contribution is 0.402. The van der Waals surface area contributed by atoms with Crippen molar-refractivity contribution in [3.05, 3.63) is 107 Å². The number of hydrogen-bond acceptors (Lipinski definition) is 6. The first-order chi connectivity index (χ1) is 17.2. The molecule has 1 aliphatic rings. The lowest BCUT2D eigenvalue weighted by Crippen LogP contribution is -2.16. The fraction of sp³-hybridized carbons (Fsp3) is 0.111. The van der Waals surface area contributed by atoms with Gasteiger partial charge in [0.1, 0.15) is 6.33 Å². The van der Waals surface area contributed by atoms with E-state index in [1.165, 1.54) is 5.56 Å². The Morgan fingerprint density at radius 2 is 1.69 bits per heavy atom. The van der Waals surface area contributed by atoms with E-state index in [4.69, 9.17) is 19.2 Å². The van der Waals surface area contributed by atoms with Gasteiger partial charge < -0.3 is 9.15 Å². The standard InChI is InChI=1S/C27H20N6O2/c1-16-10-12-18(13-11-16)22-21-17(2)30-33(19-7-4-3-5-8-19)27(21)35-26-23(22)25-29-24(20-9-6-14-34-20)31-32(25)15-28-26/h3-15,22H,1-2H3/t22-/m1/s1. The molecule has 1 atom stereocenters. The summed E-state index contributed by atoms with van der Waals surface area (Å²) >= 11 is 0. The Morgan fingerprint density at radius 3 is 2.46 bits per heavy atom. The second kappa shape index (κ2) is 7.39. The number of para-hydroxylation sites is 1. The number of aromatic nitrogens is 6. The van der Waals surface area contributed by atoms with E-state index in [1.54, 1.807) is 17.1 Å². The fourth-order valence-corrected chi connectivity index (χ4v) is 4.72. The van der Waals surface area contributed by atoms with Crippen LogP contribution in [-0.2, 0) is 0 Å². The van der Waals surface area contributed by atoms with Crippen LogP contribution in [0.25, 0.3) is 22.9 Å². The van der Waals surface area contributed by atoms with E-state index in [-0.39, 0.29) is 5.92 Å². The molecule has 0 saturated heterocycles. The normalized spacial score (nSPS) is 14.5. The molecule has 8 nitrogen and oxygen atoms in total. The number of benzene rings is 2. The molecule has 0 spiro atoms. The van der Waals surface area contributed by atoms with Gasteiger partial charge in [0.2, 0.25) is 17.6 Å². The molecule has 170 valence electrons. The van der Waals surface area contributed by atoms with Crippen LogP contribution >= 0.6 is 0 Å². The van der Waals surface area contributed by atoms with Crippen molar-refractivity contribution in [3.8, 4) is 29.0 Å². The molecule has 0 aliphatic carbocycles. The highest BCUT2D eigenvalue weighted by molar-refractivity contribution is 5.68. The minimum Gasteiger partial charge on any atom is -0.461 e. The summed E-state index contributed by atoms with van der Waals surface area (Å²) in [5.41, 5.74) is 6.61. The topological polar surface area (TPSA) is 83.3 Å². The van der Waals surface area contributed by atoms with Crippen LogP contribution in [0.15, 0.2) is 83.7 Å². The molecule has 1 aliphatic heterocycles. The van der Waals surface area contributed by atoms with Gasteiger partial charge >= 0.3 is 0 Å². The fourth-order valence-electron chi connectivity index (χ4n) is 4.72. The molecule has 0 N–H and O–H groups in total. The summed E-state index contributed by atoms with van der Waals surface area (Å²) in [4.78, 5) is 9.49. The van der Waals surface area contributed by atoms with Crippen LogP contribution < -0.4 is 4.74 Å². The quantitative estimate of drug-likeness (QED) is 0.348. The zero-order chi connectivity index (χ0) is 23.5. The largest absolute Gasteiger partial charge is 0.461 e. The van der Waals surface area contributed by atoms with Crippen LogP contribution in [-0.4, -0.2) is 29.4 Å². The molecule has 0 fully saturated rings. The van der Waals surface area contributed by atoms with E-state index >= 15 is 0 Å². The number of ether oxygens (including phenoxy) is 1. The minimum absolute atomic E-state index is 0.184. The van der Waals surface area contributed by atoms with E-state index in [2.05, 4.69) is 41.3 Å². The number of rotatable bonds is 3. The molecule has 7 rings (SSSR count). The molecule has 4 aromatic heterocycles. The van der Waals surface area contributed by atoms with Gasteiger partial charge in [-0.1, -0.05) is 48.0 Å². The molecule has 8 heteroatoms. The third kappa shape index (κ3) is 3.00. The number of aryl methyl sites for hydroxylation is 2. The number of fused-ring (bicyclic) bond motifs is 4. The van der Waals surface area contributed by atoms with Gasteiger partial charge in [-0.05, 0) is 43.7 Å². The van der Waals surface area contributed by atoms with Gasteiger partial charge in [-0.2, -0.15) is 5.10 Å². The Morgan fingerprint density at radius 1 is 0.857 bits per heavy atom. The summed E-state index contributed by atoms with van der Waals surface area (Å²) < 4.78 is 15.5. The van der Waals surface area contributed by atoms with E-state index in [0.717, 1.165) is 28.1 Å². The van der Waals surface area contributed by atoms with Crippen LogP contribution in [0, 0.1) is 13.8 Å². The predicted molar refractivity (Wildman–Crippen MR) is 129 cm³/mol. The van der Waals surface area contributed by atoms with Gasteiger partial charge in [0, 0.05) is 0 Å². The van der Waals surface area contributed by atoms with Crippen molar-refractivity contribution >= 4 is 5.65 Å². The van der Waals surface area contributed by atoms with Crippen molar-refractivity contribution in [1.82, 2.24) is 29.4 Å². The molecule has 0 unspecified atom stereocenters. The van der Waals surface area contributed by atoms with Crippen molar-refractivity contribution in [2.24, 2.45) is 0 Å². The molecule has 0 bridgehead atoms. The highest BCUT2D eigenvalue weighted by Gasteiger charge is 2.38. The maximum atomic E-state index is 6.45. The third-order valence-corrected chi connectivity index (χ3v) is 6.37. The number of furan rings is 1. The molecule has 0 radical (unpaired) electrons. The summed E-state index contributed by atoms with van der Waals surface area (Å²) in [7, 11) is 0. The van der Waals surface area contributed by atoms with Crippen LogP contribution in [0.4, 0.5) is 0 Å². The summed E-state index contributed by atoms with van der Waals surface area (Å²) in [6, 6.07) is 22.2. The highest BCUT2D eigenvalue weighted by Crippen LogP contribution is 2.49. The maximum Gasteiger partial charge on any atom is 0.230 e. The van der Waals surface area contributed by atoms with Gasteiger partial charge in [0.25, 0.3) is 0 Å². The van der Waals surface area contributed by atoms with E-state index in [9.17, 15) is 0 Å². The van der Waals surface area contributed by atoms with E-state index in [1.807, 2.05) is 54.1 Å². The van der Waals surface area contributed by atoms with Crippen LogP contribution in [0.2, 0.25) is 0 Å². The second-order valence-electron chi connectivity index (χ2n) is 8.64. The summed E-state index contributed by atoms with van der Waals surface area (Å²) in [5, 5.41) is 9.48. The first-order valence-electron chi connectivity index (χ1n) is 11.4. The summed E-state index contributed by atoms with van der Waals surface area (Å²) in [5.74, 6) is 2.06. The molecular weight excluding hydrogens is 440 g/mol. The Hall–Kier alpha value is -4.72. The average molecular weight is 460 g/mol. The molecule has 6 aromatic rings. The first-order valence-corrected chi connectivity index (χ1v) is 11.4. The Bertz CT molecular complexity index is 1680. The highest BCUT2D eigenvalue weighted by atomic mass is 16.5. The van der Waals surface area contributed by atoms with Gasteiger partial charge in [0.15, 0.2) is 11.4 Å². The Labute approximate surface area is 200 Å². The van der Waals surface area contributed by atoms with Crippen LogP contribution in [0.1, 0.15) is 33.9 Å². The third-order valence-electron chi connectivity index (χ3n) is 6.37. The smallest absolute Gasteiger partial charge is 0.230 e. The van der Waals surface area contributed by atoms with Crippen molar-refractivity contribution < 1.29 is 9.15 Å². The van der Waals surface area contributed by atoms with Crippen molar-refractivity contribution in [1.29, 1.82) is 0 Å². The molecule has 0 amide bonds. The summed E-state index contributed by atoms with van der Waals surface area (Å²) in [6.45, 7) is 4.10. The van der Waals surface area contributed by atoms with Gasteiger partial charge in [0.05, 0.1) is 34.7 Å². The van der Waals surface area contributed by atoms with Crippen LogP contribution in [0.3, 0.4) is 0 Å². The van der Waals surface area contributed by atoms with Crippen molar-refractivity contribution in [2.75, 3.05) is 0 Å². The maximum absolute atomic E-state index is 6.45. The second-order valence-corrected chi connectivity index (χ2v) is 8.64. The lowest BCUT2D eigenvalue weighted by atomic mass is 9.84. The van der Waals surface area contributed by atoms with Crippen LogP contribution in [0.5, 0.6) is 11.8 Å². The zero-order valence-electron chi connectivity index (χ0n) is 19.1. The summed E-state index contributed by atoms with van der Waals surface area (Å²) in [6.07, 6.45) is 3.24. The monoisotopic (exact) mass is 460 g/mol. The zero-order valence-corrected chi connectivity index (χ0v) is 19.1. The average Bonchev–Trinajstić information content (AvgIpc) is 3.63. The molecule has 5 heterocycles. The number of nitrogens with zero attached hydrogens (tertiary/aromatic N) is 6. The van der Waals surface area contributed by atoms with Crippen molar-refractivity contribution in [3.63, 3.8) is 0 Å². The molecule has 35 heavy (non-hydrogen) atoms. The Kier molecular flexibility index (Phi) is 4.17. The Balaban J connectivity index is 1.51. The van der Waals surface area contributed by atoms with E-state index in [0.29, 0.717) is 29.0 Å². The molecular formula is C27H20N6O2. The van der Waals surface area contributed by atoms with Crippen molar-refractivity contribution in [2.45, 2.75) is 19.8 Å². The predicted octanol–water partition coefficient (Wildman–Crippen LogP) is 5.47. The molecule has 2 aromatic carbocycles.